The first-order valence-electron chi connectivity index (χ1n) is 6.99. The number of carbonyl (C=O) groups excluding carboxylic acids is 1. The van der Waals surface area contributed by atoms with E-state index in [4.69, 9.17) is 0 Å². The van der Waals surface area contributed by atoms with Crippen molar-refractivity contribution in [2.45, 2.75) is 52.0 Å². The van der Waals surface area contributed by atoms with E-state index in [-0.39, 0.29) is 11.9 Å². The van der Waals surface area contributed by atoms with Crippen molar-refractivity contribution >= 4 is 21.8 Å². The highest BCUT2D eigenvalue weighted by atomic mass is 79.9. The predicted molar refractivity (Wildman–Crippen MR) is 84.7 cm³/mol. The number of nitrogens with one attached hydrogen (secondary N) is 1. The standard InChI is InChI=1S/C16H24BrNO/c1-12(2)14-7-9-15(10-8-14)13(3)18-16(19)6-4-5-11-17/h7-10,12-13H,4-6,11H2,1-3H3,(H,18,19). The summed E-state index contributed by atoms with van der Waals surface area (Å²) < 4.78 is 0. The molecule has 1 N–H and O–H groups in total. The number of benzene rings is 1. The smallest absolute Gasteiger partial charge is 0.220 e. The second-order valence-corrected chi connectivity index (χ2v) is 6.05. The average Bonchev–Trinajstić information content (AvgIpc) is 2.39. The first-order chi connectivity index (χ1) is 9.04. The Hall–Kier alpha value is -0.830. The summed E-state index contributed by atoms with van der Waals surface area (Å²) >= 11 is 3.37. The largest absolute Gasteiger partial charge is 0.350 e. The minimum absolute atomic E-state index is 0.0812. The Labute approximate surface area is 125 Å². The molecule has 1 aromatic rings. The Bertz CT molecular complexity index is 386. The van der Waals surface area contributed by atoms with Crippen LogP contribution in [0.2, 0.25) is 0 Å². The van der Waals surface area contributed by atoms with Gasteiger partial charge in [0.1, 0.15) is 0 Å². The van der Waals surface area contributed by atoms with Crippen LogP contribution in [0.5, 0.6) is 0 Å². The first-order valence-corrected chi connectivity index (χ1v) is 8.12. The fraction of sp³-hybridized carbons (Fsp3) is 0.562. The van der Waals surface area contributed by atoms with Gasteiger partial charge in [-0.3, -0.25) is 4.79 Å². The fourth-order valence-corrected chi connectivity index (χ4v) is 2.34. The molecule has 3 heteroatoms. The lowest BCUT2D eigenvalue weighted by Gasteiger charge is -2.15. The molecule has 0 bridgehead atoms. The lowest BCUT2D eigenvalue weighted by atomic mass is 9.99. The van der Waals surface area contributed by atoms with Crippen LogP contribution in [0.1, 0.15) is 63.1 Å². The highest BCUT2D eigenvalue weighted by molar-refractivity contribution is 9.09. The van der Waals surface area contributed by atoms with E-state index >= 15 is 0 Å². The van der Waals surface area contributed by atoms with Gasteiger partial charge in [-0.05, 0) is 36.8 Å². The van der Waals surface area contributed by atoms with Crippen LogP contribution in [0, 0.1) is 0 Å². The number of amides is 1. The molecule has 1 aromatic carbocycles. The molecule has 0 fully saturated rings. The molecule has 0 aliphatic heterocycles. The molecule has 0 aromatic heterocycles. The molecule has 0 heterocycles. The Balaban J connectivity index is 2.48. The van der Waals surface area contributed by atoms with Gasteiger partial charge in [0.15, 0.2) is 0 Å². The molecular formula is C16H24BrNO. The average molecular weight is 326 g/mol. The number of hydrogen-bond donors (Lipinski definition) is 1. The fourth-order valence-electron chi connectivity index (χ4n) is 1.95. The predicted octanol–water partition coefficient (Wildman–Crippen LogP) is 4.55. The molecule has 1 unspecified atom stereocenters. The second-order valence-electron chi connectivity index (χ2n) is 5.26. The third kappa shape index (κ3) is 5.77. The maximum Gasteiger partial charge on any atom is 0.220 e. The van der Waals surface area contributed by atoms with Crippen molar-refractivity contribution in [1.29, 1.82) is 0 Å². The van der Waals surface area contributed by atoms with Gasteiger partial charge in [-0.2, -0.15) is 0 Å². The van der Waals surface area contributed by atoms with E-state index in [9.17, 15) is 4.79 Å². The summed E-state index contributed by atoms with van der Waals surface area (Å²) in [5.74, 6) is 0.685. The lowest BCUT2D eigenvalue weighted by Crippen LogP contribution is -2.26. The monoisotopic (exact) mass is 325 g/mol. The Kier molecular flexibility index (Phi) is 7.14. The summed E-state index contributed by atoms with van der Waals surface area (Å²) in [5, 5.41) is 4.01. The molecule has 1 rings (SSSR count). The highest BCUT2D eigenvalue weighted by Crippen LogP contribution is 2.18. The van der Waals surface area contributed by atoms with Crippen molar-refractivity contribution in [2.75, 3.05) is 5.33 Å². The van der Waals surface area contributed by atoms with Crippen molar-refractivity contribution < 1.29 is 4.79 Å². The molecule has 106 valence electrons. The van der Waals surface area contributed by atoms with Crippen molar-refractivity contribution in [3.8, 4) is 0 Å². The van der Waals surface area contributed by atoms with Crippen LogP contribution in [0.3, 0.4) is 0 Å². The highest BCUT2D eigenvalue weighted by Gasteiger charge is 2.09. The maximum atomic E-state index is 11.8. The van der Waals surface area contributed by atoms with Gasteiger partial charge in [-0.25, -0.2) is 0 Å². The molecule has 0 saturated carbocycles. The van der Waals surface area contributed by atoms with Crippen molar-refractivity contribution in [3.05, 3.63) is 35.4 Å². The molecule has 1 atom stereocenters. The van der Waals surface area contributed by atoms with E-state index in [1.165, 1.54) is 11.1 Å². The Morgan fingerprint density at radius 3 is 2.21 bits per heavy atom. The molecule has 0 spiro atoms. The maximum absolute atomic E-state index is 11.8. The lowest BCUT2D eigenvalue weighted by molar-refractivity contribution is -0.121. The van der Waals surface area contributed by atoms with Gasteiger partial charge >= 0.3 is 0 Å². The SMILES string of the molecule is CC(C)c1ccc(C(C)NC(=O)CCCCBr)cc1. The van der Waals surface area contributed by atoms with Crippen LogP contribution in [0.15, 0.2) is 24.3 Å². The van der Waals surface area contributed by atoms with Gasteiger partial charge in [0.05, 0.1) is 6.04 Å². The normalized spacial score (nSPS) is 12.5. The zero-order valence-electron chi connectivity index (χ0n) is 12.1. The van der Waals surface area contributed by atoms with E-state index in [0.717, 1.165) is 18.2 Å². The number of hydrogen-bond acceptors (Lipinski definition) is 1. The molecule has 1 amide bonds. The van der Waals surface area contributed by atoms with Crippen LogP contribution in [0.25, 0.3) is 0 Å². The summed E-state index contributed by atoms with van der Waals surface area (Å²) in [4.78, 5) is 11.8. The van der Waals surface area contributed by atoms with E-state index in [0.29, 0.717) is 12.3 Å². The van der Waals surface area contributed by atoms with E-state index in [2.05, 4.69) is 59.4 Å². The van der Waals surface area contributed by atoms with E-state index in [1.807, 2.05) is 6.92 Å². The summed E-state index contributed by atoms with van der Waals surface area (Å²) in [7, 11) is 0. The molecule has 0 saturated heterocycles. The third-order valence-corrected chi connectivity index (χ3v) is 3.83. The number of carbonyl (C=O) groups is 1. The quantitative estimate of drug-likeness (QED) is 0.578. The van der Waals surface area contributed by atoms with Crippen LogP contribution < -0.4 is 5.32 Å². The van der Waals surface area contributed by atoms with Gasteiger partial charge in [-0.15, -0.1) is 0 Å². The third-order valence-electron chi connectivity index (χ3n) is 3.27. The van der Waals surface area contributed by atoms with E-state index < -0.39 is 0 Å². The molecule has 0 aliphatic rings. The molecule has 2 nitrogen and oxygen atoms in total. The van der Waals surface area contributed by atoms with Crippen molar-refractivity contribution in [2.24, 2.45) is 0 Å². The summed E-state index contributed by atoms with van der Waals surface area (Å²) in [6.07, 6.45) is 2.60. The molecular weight excluding hydrogens is 302 g/mol. The molecule has 19 heavy (non-hydrogen) atoms. The van der Waals surface area contributed by atoms with Gasteiger partial charge in [0.2, 0.25) is 5.91 Å². The summed E-state index contributed by atoms with van der Waals surface area (Å²) in [6, 6.07) is 8.59. The summed E-state index contributed by atoms with van der Waals surface area (Å²) in [6.45, 7) is 6.40. The second kappa shape index (κ2) is 8.36. The number of alkyl halides is 1. The number of rotatable bonds is 7. The van der Waals surface area contributed by atoms with Gasteiger partial charge < -0.3 is 5.32 Å². The summed E-state index contributed by atoms with van der Waals surface area (Å²) in [5.41, 5.74) is 2.50. The van der Waals surface area contributed by atoms with Crippen molar-refractivity contribution in [1.82, 2.24) is 5.32 Å². The zero-order chi connectivity index (χ0) is 14.3. The van der Waals surface area contributed by atoms with Crippen LogP contribution in [-0.2, 0) is 4.79 Å². The minimum atomic E-state index is 0.0812. The van der Waals surface area contributed by atoms with Gasteiger partial charge in [-0.1, -0.05) is 54.0 Å². The Morgan fingerprint density at radius 1 is 1.11 bits per heavy atom. The molecule has 0 radical (unpaired) electrons. The first kappa shape index (κ1) is 16.2. The Morgan fingerprint density at radius 2 is 1.68 bits per heavy atom. The van der Waals surface area contributed by atoms with Gasteiger partial charge in [0, 0.05) is 11.8 Å². The zero-order valence-corrected chi connectivity index (χ0v) is 13.7. The van der Waals surface area contributed by atoms with Crippen LogP contribution >= 0.6 is 15.9 Å². The number of halogens is 1. The topological polar surface area (TPSA) is 29.1 Å². The van der Waals surface area contributed by atoms with Crippen molar-refractivity contribution in [3.63, 3.8) is 0 Å². The van der Waals surface area contributed by atoms with Crippen LogP contribution in [0.4, 0.5) is 0 Å². The molecule has 0 aliphatic carbocycles. The van der Waals surface area contributed by atoms with Crippen LogP contribution in [-0.4, -0.2) is 11.2 Å². The minimum Gasteiger partial charge on any atom is -0.350 e. The van der Waals surface area contributed by atoms with Gasteiger partial charge in [0.25, 0.3) is 0 Å². The van der Waals surface area contributed by atoms with E-state index in [1.54, 1.807) is 0 Å². The number of unbranched alkanes of at least 4 members (excludes halogenated alkanes) is 1.